The number of nitrogens with one attached hydrogen (secondary N) is 2. The summed E-state index contributed by atoms with van der Waals surface area (Å²) in [5, 5.41) is 6.58. The van der Waals surface area contributed by atoms with Gasteiger partial charge in [-0.15, -0.1) is 0 Å². The maximum Gasteiger partial charge on any atom is 0.221 e. The van der Waals surface area contributed by atoms with E-state index in [1.54, 1.807) is 0 Å². The monoisotopic (exact) mass is 285 g/mol. The van der Waals surface area contributed by atoms with Gasteiger partial charge in [-0.05, 0) is 18.8 Å². The Morgan fingerprint density at radius 2 is 2.16 bits per heavy atom. The summed E-state index contributed by atoms with van der Waals surface area (Å²) in [6, 6.07) is 0.521. The number of carbonyl (C=O) groups is 1. The van der Waals surface area contributed by atoms with Gasteiger partial charge >= 0.3 is 0 Å². The summed E-state index contributed by atoms with van der Waals surface area (Å²) in [6.45, 7) is 1.59. The molecule has 5 heteroatoms. The lowest BCUT2D eigenvalue weighted by Gasteiger charge is -2.31. The van der Waals surface area contributed by atoms with E-state index in [0.717, 1.165) is 18.1 Å². The Morgan fingerprint density at radius 1 is 1.37 bits per heavy atom. The van der Waals surface area contributed by atoms with Crippen molar-refractivity contribution in [2.75, 3.05) is 24.6 Å². The molecule has 2 fully saturated rings. The van der Waals surface area contributed by atoms with Crippen LogP contribution in [0.15, 0.2) is 0 Å². The summed E-state index contributed by atoms with van der Waals surface area (Å²) < 4.78 is 0. The molecule has 4 N–H and O–H groups in total. The van der Waals surface area contributed by atoms with Gasteiger partial charge in [0.25, 0.3) is 0 Å². The van der Waals surface area contributed by atoms with Gasteiger partial charge in [-0.3, -0.25) is 4.79 Å². The Bertz CT molecular complexity index is 276. The van der Waals surface area contributed by atoms with E-state index in [0.29, 0.717) is 24.9 Å². The Labute approximate surface area is 120 Å². The van der Waals surface area contributed by atoms with Crippen molar-refractivity contribution in [2.24, 2.45) is 11.7 Å². The van der Waals surface area contributed by atoms with Gasteiger partial charge in [0, 0.05) is 43.1 Å². The normalized spacial score (nSPS) is 26.9. The molecule has 1 aliphatic carbocycles. The standard InChI is InChI=1S/C14H27N3OS/c15-9-13(11-4-2-1-3-5-11)17-14(18)8-12-10-19-7-6-16-12/h11-13,16H,1-10,15H2,(H,17,18). The van der Waals surface area contributed by atoms with Crippen molar-refractivity contribution in [2.45, 2.75) is 50.6 Å². The summed E-state index contributed by atoms with van der Waals surface area (Å²) in [7, 11) is 0. The van der Waals surface area contributed by atoms with E-state index < -0.39 is 0 Å². The first-order valence-corrected chi connectivity index (χ1v) is 8.75. The third kappa shape index (κ3) is 4.97. The number of thioether (sulfide) groups is 1. The van der Waals surface area contributed by atoms with Gasteiger partial charge in [-0.25, -0.2) is 0 Å². The smallest absolute Gasteiger partial charge is 0.221 e. The van der Waals surface area contributed by atoms with Gasteiger partial charge in [-0.2, -0.15) is 11.8 Å². The number of hydrogen-bond acceptors (Lipinski definition) is 4. The minimum absolute atomic E-state index is 0.168. The second kappa shape index (κ2) is 8.12. The summed E-state index contributed by atoms with van der Waals surface area (Å²) in [5.41, 5.74) is 5.85. The first-order chi connectivity index (χ1) is 9.29. The van der Waals surface area contributed by atoms with E-state index in [4.69, 9.17) is 5.73 Å². The molecule has 1 heterocycles. The van der Waals surface area contributed by atoms with Crippen LogP contribution in [0.3, 0.4) is 0 Å². The Hall–Kier alpha value is -0.260. The van der Waals surface area contributed by atoms with Gasteiger partial charge in [-0.1, -0.05) is 19.3 Å². The van der Waals surface area contributed by atoms with Crippen LogP contribution in [0.4, 0.5) is 0 Å². The third-order valence-electron chi connectivity index (χ3n) is 4.25. The molecule has 1 aliphatic heterocycles. The van der Waals surface area contributed by atoms with Crippen LogP contribution in [-0.2, 0) is 4.79 Å². The molecule has 2 unspecified atom stereocenters. The molecule has 0 aromatic carbocycles. The number of rotatable bonds is 5. The zero-order valence-electron chi connectivity index (χ0n) is 11.7. The second-order valence-corrected chi connectivity index (χ2v) is 6.89. The van der Waals surface area contributed by atoms with Crippen molar-refractivity contribution in [3.8, 4) is 0 Å². The summed E-state index contributed by atoms with van der Waals surface area (Å²) in [4.78, 5) is 12.1. The molecule has 0 spiro atoms. The zero-order chi connectivity index (χ0) is 13.5. The molecule has 110 valence electrons. The van der Waals surface area contributed by atoms with Crippen molar-refractivity contribution in [3.05, 3.63) is 0 Å². The fourth-order valence-electron chi connectivity index (χ4n) is 3.15. The Kier molecular flexibility index (Phi) is 6.47. The Morgan fingerprint density at radius 3 is 2.79 bits per heavy atom. The van der Waals surface area contributed by atoms with Gasteiger partial charge in [0.15, 0.2) is 0 Å². The fourth-order valence-corrected chi connectivity index (χ4v) is 4.10. The van der Waals surface area contributed by atoms with E-state index in [9.17, 15) is 4.79 Å². The Balaban J connectivity index is 1.74. The first kappa shape index (κ1) is 15.1. The molecule has 4 nitrogen and oxygen atoms in total. The fraction of sp³-hybridized carbons (Fsp3) is 0.929. The molecule has 2 atom stereocenters. The minimum atomic E-state index is 0.168. The van der Waals surface area contributed by atoms with E-state index in [2.05, 4.69) is 10.6 Å². The van der Waals surface area contributed by atoms with Crippen LogP contribution in [0.2, 0.25) is 0 Å². The number of nitrogens with two attached hydrogens (primary N) is 1. The molecule has 1 saturated heterocycles. The lowest BCUT2D eigenvalue weighted by atomic mass is 9.84. The summed E-state index contributed by atoms with van der Waals surface area (Å²) in [5.74, 6) is 2.97. The van der Waals surface area contributed by atoms with Crippen LogP contribution in [0.25, 0.3) is 0 Å². The predicted molar refractivity (Wildman–Crippen MR) is 81.3 cm³/mol. The van der Waals surface area contributed by atoms with Crippen molar-refractivity contribution in [1.29, 1.82) is 0 Å². The summed E-state index contributed by atoms with van der Waals surface area (Å²) in [6.07, 6.45) is 6.95. The molecule has 0 bridgehead atoms. The first-order valence-electron chi connectivity index (χ1n) is 7.60. The highest BCUT2D eigenvalue weighted by Gasteiger charge is 2.25. The predicted octanol–water partition coefficient (Wildman–Crippen LogP) is 1.11. The third-order valence-corrected chi connectivity index (χ3v) is 5.38. The quantitative estimate of drug-likeness (QED) is 0.708. The van der Waals surface area contributed by atoms with Crippen LogP contribution in [-0.4, -0.2) is 42.6 Å². The SMILES string of the molecule is NCC(NC(=O)CC1CSCCN1)C1CCCCC1. The maximum absolute atomic E-state index is 12.1. The van der Waals surface area contributed by atoms with Gasteiger partial charge < -0.3 is 16.4 Å². The second-order valence-electron chi connectivity index (χ2n) is 5.74. The van der Waals surface area contributed by atoms with Crippen molar-refractivity contribution in [1.82, 2.24) is 10.6 Å². The van der Waals surface area contributed by atoms with E-state index in [1.807, 2.05) is 11.8 Å². The molecule has 1 amide bonds. The van der Waals surface area contributed by atoms with E-state index >= 15 is 0 Å². The highest BCUT2D eigenvalue weighted by molar-refractivity contribution is 7.99. The molecule has 1 saturated carbocycles. The van der Waals surface area contributed by atoms with Crippen LogP contribution in [0.1, 0.15) is 38.5 Å². The molecular formula is C14H27N3OS. The van der Waals surface area contributed by atoms with Gasteiger partial charge in [0.2, 0.25) is 5.91 Å². The van der Waals surface area contributed by atoms with Crippen molar-refractivity contribution >= 4 is 17.7 Å². The molecule has 0 aromatic heterocycles. The molecule has 0 radical (unpaired) electrons. The molecule has 2 aliphatic rings. The van der Waals surface area contributed by atoms with Crippen molar-refractivity contribution in [3.63, 3.8) is 0 Å². The minimum Gasteiger partial charge on any atom is -0.352 e. The van der Waals surface area contributed by atoms with E-state index in [1.165, 1.54) is 32.1 Å². The molecule has 19 heavy (non-hydrogen) atoms. The number of amides is 1. The lowest BCUT2D eigenvalue weighted by molar-refractivity contribution is -0.122. The number of carbonyl (C=O) groups excluding carboxylic acids is 1. The van der Waals surface area contributed by atoms with Crippen LogP contribution in [0, 0.1) is 5.92 Å². The van der Waals surface area contributed by atoms with Gasteiger partial charge in [0.1, 0.15) is 0 Å². The number of hydrogen-bond donors (Lipinski definition) is 3. The topological polar surface area (TPSA) is 67.1 Å². The molecule has 0 aromatic rings. The zero-order valence-corrected chi connectivity index (χ0v) is 12.5. The largest absolute Gasteiger partial charge is 0.352 e. The average Bonchev–Trinajstić information content (AvgIpc) is 2.47. The van der Waals surface area contributed by atoms with E-state index in [-0.39, 0.29) is 11.9 Å². The molecule has 2 rings (SSSR count). The highest BCUT2D eigenvalue weighted by atomic mass is 32.2. The van der Waals surface area contributed by atoms with Crippen LogP contribution < -0.4 is 16.4 Å². The maximum atomic E-state index is 12.1. The highest BCUT2D eigenvalue weighted by Crippen LogP contribution is 2.26. The summed E-state index contributed by atoms with van der Waals surface area (Å²) >= 11 is 1.93. The molecular weight excluding hydrogens is 258 g/mol. The van der Waals surface area contributed by atoms with Crippen molar-refractivity contribution < 1.29 is 4.79 Å². The van der Waals surface area contributed by atoms with Crippen LogP contribution in [0.5, 0.6) is 0 Å². The average molecular weight is 285 g/mol. The van der Waals surface area contributed by atoms with Gasteiger partial charge in [0.05, 0.1) is 0 Å². The lowest BCUT2D eigenvalue weighted by Crippen LogP contribution is -2.48. The van der Waals surface area contributed by atoms with Crippen LogP contribution >= 0.6 is 11.8 Å².